The van der Waals surface area contributed by atoms with Gasteiger partial charge in [0.2, 0.25) is 5.91 Å². The van der Waals surface area contributed by atoms with E-state index in [1.807, 2.05) is 25.2 Å². The molecule has 7 heteroatoms. The lowest BCUT2D eigenvalue weighted by atomic mass is 9.96. The van der Waals surface area contributed by atoms with Crippen molar-refractivity contribution in [1.29, 1.82) is 0 Å². The highest BCUT2D eigenvalue weighted by molar-refractivity contribution is 6.39. The van der Waals surface area contributed by atoms with E-state index in [4.69, 9.17) is 4.74 Å². The van der Waals surface area contributed by atoms with Gasteiger partial charge in [0, 0.05) is 39.5 Å². The molecule has 1 aromatic rings. The summed E-state index contributed by atoms with van der Waals surface area (Å²) in [6.45, 7) is 3.81. The fourth-order valence-corrected chi connectivity index (χ4v) is 4.01. The van der Waals surface area contributed by atoms with Gasteiger partial charge in [0.15, 0.2) is 0 Å². The molecule has 28 heavy (non-hydrogen) atoms. The van der Waals surface area contributed by atoms with Crippen LogP contribution in [0.3, 0.4) is 0 Å². The maximum absolute atomic E-state index is 12.6. The van der Waals surface area contributed by atoms with E-state index in [1.165, 1.54) is 5.56 Å². The minimum Gasteiger partial charge on any atom is -0.496 e. The molecule has 0 bridgehead atoms. The Morgan fingerprint density at radius 1 is 1.36 bits per heavy atom. The van der Waals surface area contributed by atoms with Crippen molar-refractivity contribution in [2.45, 2.75) is 32.1 Å². The third kappa shape index (κ3) is 5.32. The van der Waals surface area contributed by atoms with Crippen LogP contribution in [0.15, 0.2) is 29.4 Å². The van der Waals surface area contributed by atoms with E-state index in [1.54, 1.807) is 12.0 Å². The molecule has 0 saturated carbocycles. The minimum absolute atomic E-state index is 0.0776. The van der Waals surface area contributed by atoms with Gasteiger partial charge in [-0.1, -0.05) is 18.2 Å². The highest BCUT2D eigenvalue weighted by atomic mass is 16.5. The minimum atomic E-state index is -0.128. The molecule has 0 aromatic heterocycles. The number of ether oxygens (including phenoxy) is 1. The SMILES string of the molecule is COc1ccccc1CCN1CCC[C@@H](CN(C)C(=O)C2=NNC(=O)CC2)C1. The number of piperidine rings is 1. The second-order valence-electron chi connectivity index (χ2n) is 7.65. The van der Waals surface area contributed by atoms with Crippen LogP contribution >= 0.6 is 0 Å². The molecule has 152 valence electrons. The number of hydrogen-bond donors (Lipinski definition) is 1. The quantitative estimate of drug-likeness (QED) is 0.774. The second-order valence-corrected chi connectivity index (χ2v) is 7.65. The van der Waals surface area contributed by atoms with Crippen LogP contribution in [-0.4, -0.2) is 67.7 Å². The van der Waals surface area contributed by atoms with Gasteiger partial charge in [-0.25, -0.2) is 5.43 Å². The normalized spacial score (nSPS) is 20.3. The molecular formula is C21H30N4O3. The van der Waals surface area contributed by atoms with Gasteiger partial charge in [0.1, 0.15) is 11.5 Å². The first kappa shape index (κ1) is 20.3. The summed E-state index contributed by atoms with van der Waals surface area (Å²) in [7, 11) is 3.54. The fourth-order valence-electron chi connectivity index (χ4n) is 4.01. The number of benzene rings is 1. The number of hydrogen-bond acceptors (Lipinski definition) is 5. The van der Waals surface area contributed by atoms with Crippen LogP contribution in [-0.2, 0) is 16.0 Å². The highest BCUT2D eigenvalue weighted by Gasteiger charge is 2.26. The van der Waals surface area contributed by atoms with Crippen LogP contribution in [0.1, 0.15) is 31.2 Å². The Bertz CT molecular complexity index is 734. The number of nitrogens with one attached hydrogen (secondary N) is 1. The number of carbonyl (C=O) groups is 2. The number of amides is 2. The summed E-state index contributed by atoms with van der Waals surface area (Å²) in [6, 6.07) is 8.17. The lowest BCUT2D eigenvalue weighted by molar-refractivity contribution is -0.124. The molecule has 7 nitrogen and oxygen atoms in total. The Hall–Kier alpha value is -2.41. The summed E-state index contributed by atoms with van der Waals surface area (Å²) in [6.07, 6.45) is 3.99. The lowest BCUT2D eigenvalue weighted by Crippen LogP contribution is -2.44. The molecule has 1 aromatic carbocycles. The third-order valence-corrected chi connectivity index (χ3v) is 5.52. The Balaban J connectivity index is 1.49. The van der Waals surface area contributed by atoms with E-state index in [9.17, 15) is 9.59 Å². The predicted octanol–water partition coefficient (Wildman–Crippen LogP) is 1.67. The van der Waals surface area contributed by atoms with Gasteiger partial charge in [0.05, 0.1) is 7.11 Å². The van der Waals surface area contributed by atoms with Crippen molar-refractivity contribution in [1.82, 2.24) is 15.2 Å². The van der Waals surface area contributed by atoms with E-state index in [0.29, 0.717) is 24.5 Å². The summed E-state index contributed by atoms with van der Waals surface area (Å²) in [5.41, 5.74) is 4.09. The number of para-hydroxylation sites is 1. The number of methoxy groups -OCH3 is 1. The molecule has 3 rings (SSSR count). The zero-order valence-corrected chi connectivity index (χ0v) is 16.8. The highest BCUT2D eigenvalue weighted by Crippen LogP contribution is 2.21. The van der Waals surface area contributed by atoms with Crippen molar-refractivity contribution < 1.29 is 14.3 Å². The second kappa shape index (κ2) is 9.68. The van der Waals surface area contributed by atoms with Crippen molar-refractivity contribution >= 4 is 17.5 Å². The largest absolute Gasteiger partial charge is 0.496 e. The molecule has 2 aliphatic rings. The van der Waals surface area contributed by atoms with Gasteiger partial charge in [-0.3, -0.25) is 9.59 Å². The van der Waals surface area contributed by atoms with Crippen LogP contribution in [0.5, 0.6) is 5.75 Å². The standard InChI is InChI=1S/C21H30N4O3/c1-24(21(27)18-9-10-20(26)23-22-18)14-16-6-5-12-25(15-16)13-11-17-7-3-4-8-19(17)28-2/h3-4,7-8,16H,5-6,9-15H2,1-2H3,(H,23,26)/t16-/m0/s1. The van der Waals surface area contributed by atoms with E-state index < -0.39 is 0 Å². The van der Waals surface area contributed by atoms with Gasteiger partial charge in [-0.05, 0) is 43.4 Å². The summed E-state index contributed by atoms with van der Waals surface area (Å²) < 4.78 is 5.45. The predicted molar refractivity (Wildman–Crippen MR) is 108 cm³/mol. The number of hydrazone groups is 1. The maximum Gasteiger partial charge on any atom is 0.269 e. The monoisotopic (exact) mass is 386 g/mol. The van der Waals surface area contributed by atoms with Gasteiger partial charge in [-0.2, -0.15) is 5.10 Å². The first-order chi connectivity index (χ1) is 13.6. The third-order valence-electron chi connectivity index (χ3n) is 5.52. The topological polar surface area (TPSA) is 74.2 Å². The van der Waals surface area contributed by atoms with Crippen molar-refractivity contribution in [2.75, 3.05) is 40.3 Å². The Morgan fingerprint density at radius 3 is 2.93 bits per heavy atom. The zero-order chi connectivity index (χ0) is 19.9. The van der Waals surface area contributed by atoms with Crippen molar-refractivity contribution in [2.24, 2.45) is 11.0 Å². The molecule has 1 fully saturated rings. The summed E-state index contributed by atoms with van der Waals surface area (Å²) in [4.78, 5) is 28.0. The van der Waals surface area contributed by atoms with E-state index >= 15 is 0 Å². The van der Waals surface area contributed by atoms with Crippen molar-refractivity contribution in [3.05, 3.63) is 29.8 Å². The molecule has 1 N–H and O–H groups in total. The van der Waals surface area contributed by atoms with E-state index in [0.717, 1.165) is 51.2 Å². The lowest BCUT2D eigenvalue weighted by Gasteiger charge is -2.35. The van der Waals surface area contributed by atoms with Crippen LogP contribution in [0.25, 0.3) is 0 Å². The number of nitrogens with zero attached hydrogens (tertiary/aromatic N) is 3. The number of likely N-dealkylation sites (tertiary alicyclic amines) is 1. The smallest absolute Gasteiger partial charge is 0.269 e. The molecule has 0 spiro atoms. The molecule has 1 saturated heterocycles. The van der Waals surface area contributed by atoms with Gasteiger partial charge in [-0.15, -0.1) is 0 Å². The first-order valence-corrected chi connectivity index (χ1v) is 10.0. The van der Waals surface area contributed by atoms with Crippen LogP contribution in [0.4, 0.5) is 0 Å². The number of rotatable bonds is 7. The molecular weight excluding hydrogens is 356 g/mol. The molecule has 1 atom stereocenters. The van der Waals surface area contributed by atoms with Crippen molar-refractivity contribution in [3.8, 4) is 5.75 Å². The van der Waals surface area contributed by atoms with Gasteiger partial charge in [0.25, 0.3) is 5.91 Å². The van der Waals surface area contributed by atoms with Crippen LogP contribution in [0, 0.1) is 5.92 Å². The van der Waals surface area contributed by atoms with Crippen molar-refractivity contribution in [3.63, 3.8) is 0 Å². The fraction of sp³-hybridized carbons (Fsp3) is 0.571. The molecule has 0 unspecified atom stereocenters. The number of carbonyl (C=O) groups excluding carboxylic acids is 2. The first-order valence-electron chi connectivity index (χ1n) is 10.0. The Kier molecular flexibility index (Phi) is 7.03. The summed E-state index contributed by atoms with van der Waals surface area (Å²) in [5, 5.41) is 3.92. The van der Waals surface area contributed by atoms with Gasteiger partial charge < -0.3 is 14.5 Å². The molecule has 0 aliphatic carbocycles. The van der Waals surface area contributed by atoms with E-state index in [-0.39, 0.29) is 11.8 Å². The Labute approximate surface area is 166 Å². The van der Waals surface area contributed by atoms with Crippen LogP contribution in [0.2, 0.25) is 0 Å². The molecule has 0 radical (unpaired) electrons. The molecule has 2 amide bonds. The summed E-state index contributed by atoms with van der Waals surface area (Å²) in [5.74, 6) is 1.20. The van der Waals surface area contributed by atoms with E-state index in [2.05, 4.69) is 21.5 Å². The maximum atomic E-state index is 12.6. The zero-order valence-electron chi connectivity index (χ0n) is 16.8. The molecule has 2 aliphatic heterocycles. The molecule has 2 heterocycles. The average molecular weight is 386 g/mol. The summed E-state index contributed by atoms with van der Waals surface area (Å²) >= 11 is 0. The Morgan fingerprint density at radius 2 is 2.18 bits per heavy atom. The van der Waals surface area contributed by atoms with Gasteiger partial charge >= 0.3 is 0 Å². The average Bonchev–Trinajstić information content (AvgIpc) is 2.72. The van der Waals surface area contributed by atoms with Crippen LogP contribution < -0.4 is 10.2 Å².